The molecule has 2 aromatic rings. The van der Waals surface area contributed by atoms with Gasteiger partial charge in [-0.2, -0.15) is 0 Å². The zero-order valence-corrected chi connectivity index (χ0v) is 15.3. The summed E-state index contributed by atoms with van der Waals surface area (Å²) in [6.07, 6.45) is 4.53. The van der Waals surface area contributed by atoms with E-state index in [1.54, 1.807) is 0 Å². The molecule has 3 nitrogen and oxygen atoms in total. The number of nitrogens with zero attached hydrogens (tertiary/aromatic N) is 2. The third kappa shape index (κ3) is 3.57. The monoisotopic (exact) mass is 344 g/mol. The van der Waals surface area contributed by atoms with E-state index in [0.29, 0.717) is 6.54 Å². The van der Waals surface area contributed by atoms with Gasteiger partial charge in [-0.15, -0.1) is 0 Å². The highest BCUT2D eigenvalue weighted by Crippen LogP contribution is 2.24. The van der Waals surface area contributed by atoms with E-state index in [2.05, 4.69) is 23.3 Å². The van der Waals surface area contributed by atoms with Gasteiger partial charge in [0.05, 0.1) is 6.54 Å². The van der Waals surface area contributed by atoms with Gasteiger partial charge in [0.2, 0.25) is 0 Å². The molecule has 1 aliphatic rings. The van der Waals surface area contributed by atoms with Crippen molar-refractivity contribution in [2.45, 2.75) is 39.5 Å². The zero-order chi connectivity index (χ0) is 17.1. The summed E-state index contributed by atoms with van der Waals surface area (Å²) in [6.45, 7) is 6.80. The van der Waals surface area contributed by atoms with Crippen molar-refractivity contribution in [3.63, 3.8) is 0 Å². The first-order valence-electron chi connectivity index (χ1n) is 8.83. The summed E-state index contributed by atoms with van der Waals surface area (Å²) in [5, 5.41) is 0.725. The molecule has 1 saturated heterocycles. The van der Waals surface area contributed by atoms with Crippen LogP contribution in [-0.2, 0) is 6.42 Å². The Balaban J connectivity index is 1.90. The lowest BCUT2D eigenvalue weighted by Crippen LogP contribution is -2.34. The number of likely N-dealkylation sites (tertiary alicyclic amines) is 1. The van der Waals surface area contributed by atoms with E-state index < -0.39 is 0 Å². The van der Waals surface area contributed by atoms with Crippen molar-refractivity contribution >= 4 is 17.4 Å². The van der Waals surface area contributed by atoms with Gasteiger partial charge in [-0.05, 0) is 69.6 Å². The predicted molar refractivity (Wildman–Crippen MR) is 99.5 cm³/mol. The number of rotatable bonds is 5. The fraction of sp³-hybridized carbons (Fsp3) is 0.450. The van der Waals surface area contributed by atoms with Crippen molar-refractivity contribution in [3.8, 4) is 5.69 Å². The van der Waals surface area contributed by atoms with Crippen LogP contribution in [0, 0.1) is 6.92 Å². The van der Waals surface area contributed by atoms with Crippen LogP contribution >= 0.6 is 11.6 Å². The molecule has 0 radical (unpaired) electrons. The van der Waals surface area contributed by atoms with Crippen LogP contribution < -0.4 is 0 Å². The normalized spacial score (nSPS) is 15.6. The molecule has 3 rings (SSSR count). The van der Waals surface area contributed by atoms with Gasteiger partial charge < -0.3 is 4.57 Å². The second-order valence-electron chi connectivity index (χ2n) is 6.57. The molecule has 1 aliphatic heterocycles. The number of hydrogen-bond donors (Lipinski definition) is 0. The Hall–Kier alpha value is -1.58. The number of carbonyl (C=O) groups is 1. The second kappa shape index (κ2) is 7.54. The largest absolute Gasteiger partial charge is 0.317 e. The average Bonchev–Trinajstić information content (AvgIpc) is 2.93. The number of hydrogen-bond acceptors (Lipinski definition) is 2. The van der Waals surface area contributed by atoms with E-state index in [0.717, 1.165) is 47.2 Å². The van der Waals surface area contributed by atoms with Crippen LogP contribution in [0.15, 0.2) is 30.3 Å². The maximum atomic E-state index is 12.9. The number of carbonyl (C=O) groups excluding carboxylic acids is 1. The molecule has 0 aliphatic carbocycles. The first kappa shape index (κ1) is 17.2. The number of ketones is 1. The molecule has 1 fully saturated rings. The van der Waals surface area contributed by atoms with Crippen molar-refractivity contribution in [2.24, 2.45) is 0 Å². The van der Waals surface area contributed by atoms with Crippen molar-refractivity contribution in [3.05, 3.63) is 52.3 Å². The summed E-state index contributed by atoms with van der Waals surface area (Å²) in [6, 6.07) is 9.84. The Kier molecular flexibility index (Phi) is 5.42. The van der Waals surface area contributed by atoms with Gasteiger partial charge >= 0.3 is 0 Å². The van der Waals surface area contributed by atoms with Crippen LogP contribution in [0.4, 0.5) is 0 Å². The van der Waals surface area contributed by atoms with Crippen molar-refractivity contribution in [1.82, 2.24) is 9.47 Å². The Morgan fingerprint density at radius 1 is 1.12 bits per heavy atom. The Labute approximate surface area is 149 Å². The number of halogens is 1. The molecule has 0 bridgehead atoms. The quantitative estimate of drug-likeness (QED) is 0.736. The summed E-state index contributed by atoms with van der Waals surface area (Å²) < 4.78 is 2.18. The molecular formula is C20H25ClN2O. The second-order valence-corrected chi connectivity index (χ2v) is 7.01. The molecule has 128 valence electrons. The molecule has 0 spiro atoms. The zero-order valence-electron chi connectivity index (χ0n) is 14.5. The smallest absolute Gasteiger partial charge is 0.178 e. The highest BCUT2D eigenvalue weighted by molar-refractivity contribution is 6.30. The van der Waals surface area contributed by atoms with E-state index in [-0.39, 0.29) is 5.78 Å². The predicted octanol–water partition coefficient (Wildman–Crippen LogP) is 4.67. The summed E-state index contributed by atoms with van der Waals surface area (Å²) in [5.74, 6) is 0.240. The van der Waals surface area contributed by atoms with E-state index in [4.69, 9.17) is 11.6 Å². The third-order valence-electron chi connectivity index (χ3n) is 4.82. The van der Waals surface area contributed by atoms with Crippen LogP contribution in [0.1, 0.15) is 47.9 Å². The lowest BCUT2D eigenvalue weighted by atomic mass is 10.1. The van der Waals surface area contributed by atoms with Gasteiger partial charge in [-0.3, -0.25) is 9.69 Å². The maximum absolute atomic E-state index is 12.9. The minimum atomic E-state index is 0.240. The number of piperidine rings is 1. The highest BCUT2D eigenvalue weighted by Gasteiger charge is 2.21. The molecule has 1 aromatic carbocycles. The summed E-state index contributed by atoms with van der Waals surface area (Å²) in [4.78, 5) is 15.2. The van der Waals surface area contributed by atoms with Gasteiger partial charge in [0, 0.05) is 27.7 Å². The first-order valence-corrected chi connectivity index (χ1v) is 9.20. The van der Waals surface area contributed by atoms with Crippen LogP contribution in [0.3, 0.4) is 0 Å². The van der Waals surface area contributed by atoms with Crippen molar-refractivity contribution in [2.75, 3.05) is 19.6 Å². The summed E-state index contributed by atoms with van der Waals surface area (Å²) in [7, 11) is 0. The van der Waals surface area contributed by atoms with Crippen molar-refractivity contribution < 1.29 is 4.79 Å². The van der Waals surface area contributed by atoms with Crippen LogP contribution in [-0.4, -0.2) is 34.9 Å². The Bertz CT molecular complexity index is 712. The topological polar surface area (TPSA) is 25.2 Å². The Morgan fingerprint density at radius 2 is 1.79 bits per heavy atom. The molecule has 4 heteroatoms. The maximum Gasteiger partial charge on any atom is 0.178 e. The third-order valence-corrected chi connectivity index (χ3v) is 5.07. The lowest BCUT2D eigenvalue weighted by molar-refractivity contribution is 0.0915. The van der Waals surface area contributed by atoms with Gasteiger partial charge in [0.1, 0.15) is 0 Å². The number of benzene rings is 1. The van der Waals surface area contributed by atoms with Gasteiger partial charge in [0.15, 0.2) is 5.78 Å². The standard InChI is InChI=1S/C20H25ClN2O/c1-3-19-18(20(24)14-22-11-5-4-6-12-22)13-15(2)23(19)17-9-7-16(21)8-10-17/h7-10,13H,3-6,11-12,14H2,1-2H3. The molecule has 0 N–H and O–H groups in total. The average molecular weight is 345 g/mol. The molecule has 0 unspecified atom stereocenters. The van der Waals surface area contributed by atoms with E-state index in [1.165, 1.54) is 19.3 Å². The Morgan fingerprint density at radius 3 is 2.42 bits per heavy atom. The van der Waals surface area contributed by atoms with Gasteiger partial charge in [-0.1, -0.05) is 24.9 Å². The van der Waals surface area contributed by atoms with Crippen LogP contribution in [0.25, 0.3) is 5.69 Å². The highest BCUT2D eigenvalue weighted by atomic mass is 35.5. The number of aryl methyl sites for hydroxylation is 1. The van der Waals surface area contributed by atoms with Crippen molar-refractivity contribution in [1.29, 1.82) is 0 Å². The summed E-state index contributed by atoms with van der Waals surface area (Å²) >= 11 is 6.01. The SMILES string of the molecule is CCc1c(C(=O)CN2CCCCC2)cc(C)n1-c1ccc(Cl)cc1. The minimum absolute atomic E-state index is 0.240. The number of Topliss-reactive ketones (excluding diaryl/α,β-unsaturated/α-hetero) is 1. The van der Waals surface area contributed by atoms with E-state index >= 15 is 0 Å². The molecule has 1 aromatic heterocycles. The lowest BCUT2D eigenvalue weighted by Gasteiger charge is -2.25. The molecule has 0 saturated carbocycles. The number of aromatic nitrogens is 1. The first-order chi connectivity index (χ1) is 11.6. The molecular weight excluding hydrogens is 320 g/mol. The van der Waals surface area contributed by atoms with E-state index in [1.807, 2.05) is 30.3 Å². The minimum Gasteiger partial charge on any atom is -0.317 e. The molecule has 0 amide bonds. The molecule has 0 atom stereocenters. The molecule has 24 heavy (non-hydrogen) atoms. The van der Waals surface area contributed by atoms with Crippen LogP contribution in [0.2, 0.25) is 5.02 Å². The van der Waals surface area contributed by atoms with Gasteiger partial charge in [-0.25, -0.2) is 0 Å². The summed E-state index contributed by atoms with van der Waals surface area (Å²) in [5.41, 5.74) is 4.12. The fourth-order valence-corrected chi connectivity index (χ4v) is 3.76. The van der Waals surface area contributed by atoms with E-state index in [9.17, 15) is 4.79 Å². The fourth-order valence-electron chi connectivity index (χ4n) is 3.64. The van der Waals surface area contributed by atoms with Crippen LogP contribution in [0.5, 0.6) is 0 Å². The van der Waals surface area contributed by atoms with Gasteiger partial charge in [0.25, 0.3) is 0 Å². The molecule has 2 heterocycles.